The zero-order valence-corrected chi connectivity index (χ0v) is 11.3. The van der Waals surface area contributed by atoms with E-state index in [-0.39, 0.29) is 5.91 Å². The molecule has 0 saturated carbocycles. The topological polar surface area (TPSA) is 29.5 Å². The van der Waals surface area contributed by atoms with Crippen molar-refractivity contribution in [1.29, 1.82) is 0 Å². The Balaban J connectivity index is 4.09. The molecule has 0 heterocycles. The lowest BCUT2D eigenvalue weighted by atomic mass is 10.1. The van der Waals surface area contributed by atoms with Crippen LogP contribution in [0.4, 0.5) is 0 Å². The Bertz CT molecular complexity index is 183. The molecule has 0 aromatic rings. The summed E-state index contributed by atoms with van der Waals surface area (Å²) in [6, 6.07) is 0.363. The summed E-state index contributed by atoms with van der Waals surface area (Å²) >= 11 is 0. The van der Waals surface area contributed by atoms with Gasteiger partial charge < -0.3 is 9.64 Å². The van der Waals surface area contributed by atoms with E-state index in [0.717, 1.165) is 32.2 Å². The Kier molecular flexibility index (Phi) is 9.30. The van der Waals surface area contributed by atoms with Gasteiger partial charge >= 0.3 is 0 Å². The number of rotatable bonds is 9. The van der Waals surface area contributed by atoms with Crippen molar-refractivity contribution in [3.05, 3.63) is 0 Å². The quantitative estimate of drug-likeness (QED) is 0.569. The lowest BCUT2D eigenvalue weighted by Gasteiger charge is -2.28. The van der Waals surface area contributed by atoms with Crippen molar-refractivity contribution in [1.82, 2.24) is 4.90 Å². The van der Waals surface area contributed by atoms with Crippen LogP contribution in [-0.4, -0.2) is 37.1 Å². The first-order chi connectivity index (χ1) is 7.67. The van der Waals surface area contributed by atoms with Crippen LogP contribution in [0.15, 0.2) is 0 Å². The third-order valence-electron chi connectivity index (χ3n) is 2.93. The molecular weight excluding hydrogens is 202 g/mol. The van der Waals surface area contributed by atoms with Crippen LogP contribution >= 0.6 is 0 Å². The van der Waals surface area contributed by atoms with Gasteiger partial charge in [-0.15, -0.1) is 0 Å². The Labute approximate surface area is 100 Å². The molecule has 0 aliphatic heterocycles. The second-order valence-electron chi connectivity index (χ2n) is 4.29. The van der Waals surface area contributed by atoms with Crippen LogP contribution in [0, 0.1) is 0 Å². The fraction of sp³-hybridized carbons (Fsp3) is 0.923. The Morgan fingerprint density at radius 1 is 1.31 bits per heavy atom. The van der Waals surface area contributed by atoms with E-state index in [1.54, 1.807) is 7.11 Å². The predicted molar refractivity (Wildman–Crippen MR) is 67.5 cm³/mol. The van der Waals surface area contributed by atoms with Crippen molar-refractivity contribution in [3.8, 4) is 0 Å². The van der Waals surface area contributed by atoms with Gasteiger partial charge in [0.2, 0.25) is 5.91 Å². The van der Waals surface area contributed by atoms with Crippen LogP contribution in [0.1, 0.15) is 52.9 Å². The average Bonchev–Trinajstić information content (AvgIpc) is 2.29. The lowest BCUT2D eigenvalue weighted by molar-refractivity contribution is -0.133. The fourth-order valence-corrected chi connectivity index (χ4v) is 1.65. The van der Waals surface area contributed by atoms with Gasteiger partial charge in [-0.2, -0.15) is 0 Å². The molecule has 0 spiro atoms. The molecule has 0 bridgehead atoms. The number of hydrogen-bond acceptors (Lipinski definition) is 2. The van der Waals surface area contributed by atoms with Gasteiger partial charge in [0.25, 0.3) is 0 Å². The highest BCUT2D eigenvalue weighted by Crippen LogP contribution is 2.09. The summed E-state index contributed by atoms with van der Waals surface area (Å²) in [5.41, 5.74) is 0. The fourth-order valence-electron chi connectivity index (χ4n) is 1.65. The zero-order valence-electron chi connectivity index (χ0n) is 11.3. The number of carbonyl (C=O) groups excluding carboxylic acids is 1. The zero-order chi connectivity index (χ0) is 12.4. The number of amides is 1. The molecule has 0 aliphatic rings. The molecule has 1 amide bonds. The molecule has 0 aromatic carbocycles. The van der Waals surface area contributed by atoms with Gasteiger partial charge in [-0.3, -0.25) is 4.79 Å². The van der Waals surface area contributed by atoms with Crippen molar-refractivity contribution in [3.63, 3.8) is 0 Å². The largest absolute Gasteiger partial charge is 0.385 e. The number of nitrogens with zero attached hydrogens (tertiary/aromatic N) is 1. The lowest BCUT2D eigenvalue weighted by Crippen LogP contribution is -2.39. The minimum atomic E-state index is 0.278. The third-order valence-corrected chi connectivity index (χ3v) is 2.93. The summed E-state index contributed by atoms with van der Waals surface area (Å²) in [5.74, 6) is 0.278. The maximum atomic E-state index is 12.0. The number of hydrogen-bond donors (Lipinski definition) is 0. The number of unbranched alkanes of at least 4 members (excludes halogenated alkanes) is 1. The van der Waals surface area contributed by atoms with Crippen LogP contribution in [0.2, 0.25) is 0 Å². The standard InChI is InChI=1S/C13H27NO2/c1-5-7-10-14(12(3)6-2)13(15)9-8-11-16-4/h12H,5-11H2,1-4H3. The Morgan fingerprint density at radius 2 is 2.00 bits per heavy atom. The van der Waals surface area contributed by atoms with Gasteiger partial charge in [0.05, 0.1) is 0 Å². The van der Waals surface area contributed by atoms with Gasteiger partial charge in [0.1, 0.15) is 0 Å². The van der Waals surface area contributed by atoms with E-state index in [9.17, 15) is 4.79 Å². The van der Waals surface area contributed by atoms with E-state index in [0.29, 0.717) is 19.1 Å². The SMILES string of the molecule is CCCCN(C(=O)CCCOC)C(C)CC. The van der Waals surface area contributed by atoms with Crippen LogP contribution in [0.5, 0.6) is 0 Å². The van der Waals surface area contributed by atoms with Gasteiger partial charge in [0.15, 0.2) is 0 Å². The maximum Gasteiger partial charge on any atom is 0.222 e. The first-order valence-electron chi connectivity index (χ1n) is 6.45. The van der Waals surface area contributed by atoms with Crippen LogP contribution in [0.3, 0.4) is 0 Å². The summed E-state index contributed by atoms with van der Waals surface area (Å²) in [6.07, 6.45) is 4.70. The second-order valence-corrected chi connectivity index (χ2v) is 4.29. The third kappa shape index (κ3) is 6.11. The highest BCUT2D eigenvalue weighted by atomic mass is 16.5. The number of carbonyl (C=O) groups is 1. The van der Waals surface area contributed by atoms with E-state index in [4.69, 9.17) is 4.74 Å². The van der Waals surface area contributed by atoms with Crippen LogP contribution < -0.4 is 0 Å². The molecule has 0 aliphatic carbocycles. The molecule has 0 aromatic heterocycles. The molecule has 0 N–H and O–H groups in total. The second kappa shape index (κ2) is 9.64. The minimum absolute atomic E-state index is 0.278. The summed E-state index contributed by atoms with van der Waals surface area (Å²) < 4.78 is 4.97. The van der Waals surface area contributed by atoms with E-state index < -0.39 is 0 Å². The van der Waals surface area contributed by atoms with E-state index in [1.807, 2.05) is 4.90 Å². The normalized spacial score (nSPS) is 12.5. The first-order valence-corrected chi connectivity index (χ1v) is 6.45. The molecule has 0 saturated heterocycles. The number of methoxy groups -OCH3 is 1. The van der Waals surface area contributed by atoms with Gasteiger partial charge in [0, 0.05) is 32.7 Å². The van der Waals surface area contributed by atoms with E-state index in [2.05, 4.69) is 20.8 Å². The predicted octanol–water partition coefficient (Wildman–Crippen LogP) is 2.84. The van der Waals surface area contributed by atoms with Gasteiger partial charge in [-0.25, -0.2) is 0 Å². The van der Waals surface area contributed by atoms with Crippen LogP contribution in [0.25, 0.3) is 0 Å². The molecule has 0 fully saturated rings. The van der Waals surface area contributed by atoms with Crippen molar-refractivity contribution >= 4 is 5.91 Å². The van der Waals surface area contributed by atoms with Crippen molar-refractivity contribution in [2.24, 2.45) is 0 Å². The van der Waals surface area contributed by atoms with Crippen molar-refractivity contribution in [2.75, 3.05) is 20.3 Å². The Hall–Kier alpha value is -0.570. The molecule has 16 heavy (non-hydrogen) atoms. The van der Waals surface area contributed by atoms with E-state index in [1.165, 1.54) is 0 Å². The Morgan fingerprint density at radius 3 is 2.50 bits per heavy atom. The smallest absolute Gasteiger partial charge is 0.222 e. The molecule has 3 nitrogen and oxygen atoms in total. The summed E-state index contributed by atoms with van der Waals surface area (Å²) in [4.78, 5) is 14.0. The first kappa shape index (κ1) is 15.4. The van der Waals surface area contributed by atoms with Crippen molar-refractivity contribution in [2.45, 2.75) is 58.9 Å². The molecule has 0 rings (SSSR count). The summed E-state index contributed by atoms with van der Waals surface area (Å²) in [7, 11) is 1.67. The molecule has 1 atom stereocenters. The highest BCUT2D eigenvalue weighted by Gasteiger charge is 2.17. The average molecular weight is 229 g/mol. The molecule has 96 valence electrons. The molecule has 0 radical (unpaired) electrons. The van der Waals surface area contributed by atoms with Crippen molar-refractivity contribution < 1.29 is 9.53 Å². The number of ether oxygens (including phenoxy) is 1. The van der Waals surface area contributed by atoms with Gasteiger partial charge in [-0.1, -0.05) is 20.3 Å². The molecular formula is C13H27NO2. The minimum Gasteiger partial charge on any atom is -0.385 e. The molecule has 1 unspecified atom stereocenters. The maximum absolute atomic E-state index is 12.0. The summed E-state index contributed by atoms with van der Waals surface area (Å²) in [6.45, 7) is 7.99. The van der Waals surface area contributed by atoms with E-state index >= 15 is 0 Å². The van der Waals surface area contributed by atoms with Gasteiger partial charge in [-0.05, 0) is 26.2 Å². The van der Waals surface area contributed by atoms with Crippen LogP contribution in [-0.2, 0) is 9.53 Å². The highest BCUT2D eigenvalue weighted by molar-refractivity contribution is 5.76. The summed E-state index contributed by atoms with van der Waals surface area (Å²) in [5, 5.41) is 0. The monoisotopic (exact) mass is 229 g/mol. The molecule has 3 heteroatoms.